The van der Waals surface area contributed by atoms with E-state index in [1.807, 2.05) is 0 Å². The van der Waals surface area contributed by atoms with Crippen molar-refractivity contribution in [3.05, 3.63) is 36.0 Å². The summed E-state index contributed by atoms with van der Waals surface area (Å²) in [6.07, 6.45) is 0. The fourth-order valence-electron chi connectivity index (χ4n) is 1.40. The standard InChI is InChI=1S/C11H13N3O3S/c1-8-7-11(17-13-8)14-18(15,16)10-5-3-9(12-2)4-6-10/h3-7,12,14H,1-2H3. The van der Waals surface area contributed by atoms with Crippen molar-refractivity contribution in [3.63, 3.8) is 0 Å². The zero-order valence-electron chi connectivity index (χ0n) is 9.97. The summed E-state index contributed by atoms with van der Waals surface area (Å²) >= 11 is 0. The van der Waals surface area contributed by atoms with E-state index in [-0.39, 0.29) is 10.8 Å². The summed E-state index contributed by atoms with van der Waals surface area (Å²) in [6.45, 7) is 1.71. The van der Waals surface area contributed by atoms with Crippen LogP contribution in [0, 0.1) is 6.92 Å². The van der Waals surface area contributed by atoms with Crippen molar-refractivity contribution < 1.29 is 12.9 Å². The number of anilines is 2. The maximum absolute atomic E-state index is 12.0. The van der Waals surface area contributed by atoms with Crippen LogP contribution >= 0.6 is 0 Å². The zero-order chi connectivity index (χ0) is 13.2. The van der Waals surface area contributed by atoms with E-state index in [4.69, 9.17) is 4.52 Å². The molecule has 0 aliphatic rings. The highest BCUT2D eigenvalue weighted by Crippen LogP contribution is 2.18. The fourth-order valence-corrected chi connectivity index (χ4v) is 2.38. The Morgan fingerprint density at radius 1 is 1.22 bits per heavy atom. The molecular weight excluding hydrogens is 254 g/mol. The molecule has 2 rings (SSSR count). The van der Waals surface area contributed by atoms with E-state index in [1.54, 1.807) is 26.1 Å². The van der Waals surface area contributed by atoms with Crippen LogP contribution in [0.25, 0.3) is 0 Å². The van der Waals surface area contributed by atoms with E-state index in [2.05, 4.69) is 15.2 Å². The third kappa shape index (κ3) is 2.62. The Morgan fingerprint density at radius 3 is 2.39 bits per heavy atom. The number of sulfonamides is 1. The second-order valence-corrected chi connectivity index (χ2v) is 5.39. The number of aryl methyl sites for hydroxylation is 1. The number of benzene rings is 1. The van der Waals surface area contributed by atoms with Gasteiger partial charge in [0, 0.05) is 18.8 Å². The molecule has 0 radical (unpaired) electrons. The smallest absolute Gasteiger partial charge is 0.264 e. The van der Waals surface area contributed by atoms with Crippen LogP contribution in [-0.4, -0.2) is 20.6 Å². The lowest BCUT2D eigenvalue weighted by Crippen LogP contribution is -2.12. The molecule has 1 aromatic heterocycles. The Balaban J connectivity index is 2.24. The summed E-state index contributed by atoms with van der Waals surface area (Å²) in [5, 5.41) is 6.52. The molecule has 0 bridgehead atoms. The Kier molecular flexibility index (Phi) is 3.24. The maximum Gasteiger partial charge on any atom is 0.264 e. The van der Waals surface area contributed by atoms with E-state index < -0.39 is 10.0 Å². The first kappa shape index (κ1) is 12.4. The summed E-state index contributed by atoms with van der Waals surface area (Å²) in [5.41, 5.74) is 1.45. The van der Waals surface area contributed by atoms with Crippen LogP contribution in [-0.2, 0) is 10.0 Å². The molecule has 0 spiro atoms. The van der Waals surface area contributed by atoms with Crippen LogP contribution in [0.2, 0.25) is 0 Å². The molecule has 0 aliphatic heterocycles. The normalized spacial score (nSPS) is 11.2. The minimum absolute atomic E-state index is 0.102. The Labute approximate surface area is 105 Å². The SMILES string of the molecule is CNc1ccc(S(=O)(=O)Nc2cc(C)no2)cc1. The lowest BCUT2D eigenvalue weighted by molar-refractivity contribution is 0.430. The van der Waals surface area contributed by atoms with Gasteiger partial charge in [-0.25, -0.2) is 13.1 Å². The van der Waals surface area contributed by atoms with Gasteiger partial charge in [-0.3, -0.25) is 0 Å². The van der Waals surface area contributed by atoms with Crippen molar-refractivity contribution in [3.8, 4) is 0 Å². The predicted octanol–water partition coefficient (Wildman–Crippen LogP) is 1.83. The van der Waals surface area contributed by atoms with Crippen LogP contribution in [0.15, 0.2) is 39.8 Å². The van der Waals surface area contributed by atoms with E-state index in [0.717, 1.165) is 5.69 Å². The summed E-state index contributed by atoms with van der Waals surface area (Å²) in [5.74, 6) is 0.102. The van der Waals surface area contributed by atoms with Gasteiger partial charge in [-0.1, -0.05) is 5.16 Å². The third-order valence-electron chi connectivity index (χ3n) is 2.32. The Morgan fingerprint density at radius 2 is 1.89 bits per heavy atom. The quantitative estimate of drug-likeness (QED) is 0.882. The fraction of sp³-hybridized carbons (Fsp3) is 0.182. The van der Waals surface area contributed by atoms with Crippen LogP contribution in [0.4, 0.5) is 11.6 Å². The number of hydrogen-bond donors (Lipinski definition) is 2. The second-order valence-electron chi connectivity index (χ2n) is 3.71. The topological polar surface area (TPSA) is 84.2 Å². The molecule has 2 N–H and O–H groups in total. The molecule has 1 aromatic carbocycles. The average molecular weight is 267 g/mol. The van der Waals surface area contributed by atoms with Crippen molar-refractivity contribution in [2.45, 2.75) is 11.8 Å². The van der Waals surface area contributed by atoms with E-state index in [1.165, 1.54) is 18.2 Å². The van der Waals surface area contributed by atoms with Crippen molar-refractivity contribution in [1.82, 2.24) is 5.16 Å². The van der Waals surface area contributed by atoms with Gasteiger partial charge < -0.3 is 9.84 Å². The number of hydrogen-bond acceptors (Lipinski definition) is 5. The zero-order valence-corrected chi connectivity index (χ0v) is 10.8. The minimum Gasteiger partial charge on any atom is -0.388 e. The third-order valence-corrected chi connectivity index (χ3v) is 3.68. The van der Waals surface area contributed by atoms with Gasteiger partial charge in [-0.15, -0.1) is 0 Å². The molecule has 0 atom stereocenters. The molecule has 0 saturated heterocycles. The molecule has 0 fully saturated rings. The van der Waals surface area contributed by atoms with Crippen molar-refractivity contribution in [2.24, 2.45) is 0 Å². The summed E-state index contributed by atoms with van der Waals surface area (Å²) in [6, 6.07) is 7.90. The molecular formula is C11H13N3O3S. The molecule has 0 aliphatic carbocycles. The van der Waals surface area contributed by atoms with Gasteiger partial charge in [0.25, 0.3) is 10.0 Å². The van der Waals surface area contributed by atoms with Crippen molar-refractivity contribution in [1.29, 1.82) is 0 Å². The van der Waals surface area contributed by atoms with Crippen LogP contribution < -0.4 is 10.0 Å². The van der Waals surface area contributed by atoms with Crippen molar-refractivity contribution in [2.75, 3.05) is 17.1 Å². The van der Waals surface area contributed by atoms with E-state index in [0.29, 0.717) is 5.69 Å². The summed E-state index contributed by atoms with van der Waals surface area (Å²) < 4.78 is 31.1. The Bertz CT molecular complexity index is 632. The molecule has 0 saturated carbocycles. The summed E-state index contributed by atoms with van der Waals surface area (Å²) in [7, 11) is -1.87. The molecule has 7 heteroatoms. The van der Waals surface area contributed by atoms with Crippen molar-refractivity contribution >= 4 is 21.6 Å². The number of rotatable bonds is 4. The van der Waals surface area contributed by atoms with E-state index in [9.17, 15) is 8.42 Å². The van der Waals surface area contributed by atoms with Crippen LogP contribution in [0.3, 0.4) is 0 Å². The van der Waals surface area contributed by atoms with Gasteiger partial charge in [0.1, 0.15) is 0 Å². The summed E-state index contributed by atoms with van der Waals surface area (Å²) in [4.78, 5) is 0.163. The second kappa shape index (κ2) is 4.69. The minimum atomic E-state index is -3.64. The predicted molar refractivity (Wildman–Crippen MR) is 68.0 cm³/mol. The van der Waals surface area contributed by atoms with Gasteiger partial charge in [-0.2, -0.15) is 0 Å². The molecule has 18 heavy (non-hydrogen) atoms. The first-order valence-corrected chi connectivity index (χ1v) is 6.73. The lowest BCUT2D eigenvalue weighted by Gasteiger charge is -2.05. The molecule has 96 valence electrons. The highest BCUT2D eigenvalue weighted by Gasteiger charge is 2.16. The molecule has 6 nitrogen and oxygen atoms in total. The van der Waals surface area contributed by atoms with Gasteiger partial charge in [-0.05, 0) is 31.2 Å². The Hall–Kier alpha value is -2.02. The molecule has 2 aromatic rings. The first-order chi connectivity index (χ1) is 8.51. The largest absolute Gasteiger partial charge is 0.388 e. The number of nitrogens with zero attached hydrogens (tertiary/aromatic N) is 1. The lowest BCUT2D eigenvalue weighted by atomic mass is 10.3. The van der Waals surface area contributed by atoms with Crippen LogP contribution in [0.5, 0.6) is 0 Å². The molecule has 0 amide bonds. The highest BCUT2D eigenvalue weighted by atomic mass is 32.2. The van der Waals surface area contributed by atoms with Crippen LogP contribution in [0.1, 0.15) is 5.69 Å². The van der Waals surface area contributed by atoms with E-state index >= 15 is 0 Å². The highest BCUT2D eigenvalue weighted by molar-refractivity contribution is 7.92. The molecule has 1 heterocycles. The average Bonchev–Trinajstić information content (AvgIpc) is 2.74. The number of aromatic nitrogens is 1. The molecule has 0 unspecified atom stereocenters. The van der Waals surface area contributed by atoms with Gasteiger partial charge in [0.2, 0.25) is 5.88 Å². The maximum atomic E-state index is 12.0. The number of nitrogens with one attached hydrogen (secondary N) is 2. The van der Waals surface area contributed by atoms with Gasteiger partial charge in [0.05, 0.1) is 10.6 Å². The first-order valence-electron chi connectivity index (χ1n) is 5.25. The monoisotopic (exact) mass is 267 g/mol. The van der Waals surface area contributed by atoms with Gasteiger partial charge in [0.15, 0.2) is 0 Å². The van der Waals surface area contributed by atoms with Gasteiger partial charge >= 0.3 is 0 Å².